The van der Waals surface area contributed by atoms with Crippen molar-refractivity contribution in [1.29, 1.82) is 0 Å². The standard InChI is InChI=1S/C10H19NO2/c1-8(13-2)10(12)11-9-6-4-3-5-7-9/h8-9H,3-7H2,1-2H3,(H,11,12). The van der Waals surface area contributed by atoms with Crippen LogP contribution in [0.1, 0.15) is 39.0 Å². The molecule has 13 heavy (non-hydrogen) atoms. The van der Waals surface area contributed by atoms with Crippen molar-refractivity contribution in [2.45, 2.75) is 51.2 Å². The van der Waals surface area contributed by atoms with E-state index in [-0.39, 0.29) is 12.0 Å². The van der Waals surface area contributed by atoms with Gasteiger partial charge in [0.05, 0.1) is 0 Å². The Kier molecular flexibility index (Phi) is 4.22. The molecule has 3 heteroatoms. The highest BCUT2D eigenvalue weighted by atomic mass is 16.5. The van der Waals surface area contributed by atoms with Crippen LogP contribution in [0.2, 0.25) is 0 Å². The molecular formula is C10H19NO2. The topological polar surface area (TPSA) is 38.3 Å². The summed E-state index contributed by atoms with van der Waals surface area (Å²) in [6.45, 7) is 1.78. The van der Waals surface area contributed by atoms with Crippen LogP contribution in [-0.2, 0) is 9.53 Å². The molecule has 0 aromatic rings. The van der Waals surface area contributed by atoms with Gasteiger partial charge in [-0.25, -0.2) is 0 Å². The quantitative estimate of drug-likeness (QED) is 0.723. The molecule has 0 heterocycles. The Labute approximate surface area is 79.8 Å². The minimum Gasteiger partial charge on any atom is -0.372 e. The molecule has 1 saturated carbocycles. The van der Waals surface area contributed by atoms with Gasteiger partial charge in [0.15, 0.2) is 0 Å². The SMILES string of the molecule is COC(C)C(=O)NC1CCCCC1. The zero-order valence-corrected chi connectivity index (χ0v) is 8.51. The molecule has 1 N–H and O–H groups in total. The summed E-state index contributed by atoms with van der Waals surface area (Å²) in [6, 6.07) is 0.388. The summed E-state index contributed by atoms with van der Waals surface area (Å²) in [4.78, 5) is 11.4. The molecule has 1 amide bonds. The molecule has 0 aliphatic heterocycles. The largest absolute Gasteiger partial charge is 0.372 e. The van der Waals surface area contributed by atoms with Gasteiger partial charge in [-0.15, -0.1) is 0 Å². The van der Waals surface area contributed by atoms with Crippen molar-refractivity contribution in [3.8, 4) is 0 Å². The third-order valence-corrected chi connectivity index (χ3v) is 2.67. The Balaban J connectivity index is 2.26. The molecule has 0 radical (unpaired) electrons. The Hall–Kier alpha value is -0.570. The second-order valence-electron chi connectivity index (χ2n) is 3.72. The number of nitrogens with one attached hydrogen (secondary N) is 1. The van der Waals surface area contributed by atoms with Gasteiger partial charge >= 0.3 is 0 Å². The van der Waals surface area contributed by atoms with Gasteiger partial charge in [-0.3, -0.25) is 4.79 Å². The van der Waals surface area contributed by atoms with Crippen molar-refractivity contribution in [3.63, 3.8) is 0 Å². The first-order valence-corrected chi connectivity index (χ1v) is 5.07. The maximum absolute atomic E-state index is 11.4. The first kappa shape index (κ1) is 10.5. The summed E-state index contributed by atoms with van der Waals surface area (Å²) in [5.74, 6) is 0.0226. The lowest BCUT2D eigenvalue weighted by Gasteiger charge is -2.23. The van der Waals surface area contributed by atoms with E-state index in [1.54, 1.807) is 14.0 Å². The molecule has 0 spiro atoms. The maximum atomic E-state index is 11.4. The smallest absolute Gasteiger partial charge is 0.249 e. The minimum absolute atomic E-state index is 0.0226. The van der Waals surface area contributed by atoms with Crippen LogP contribution in [0.4, 0.5) is 0 Å². The molecule has 1 aliphatic carbocycles. The average molecular weight is 185 g/mol. The van der Waals surface area contributed by atoms with Crippen molar-refractivity contribution < 1.29 is 9.53 Å². The second-order valence-corrected chi connectivity index (χ2v) is 3.72. The van der Waals surface area contributed by atoms with E-state index in [0.717, 1.165) is 12.8 Å². The molecule has 3 nitrogen and oxygen atoms in total. The first-order valence-electron chi connectivity index (χ1n) is 5.07. The van der Waals surface area contributed by atoms with E-state index in [1.165, 1.54) is 19.3 Å². The van der Waals surface area contributed by atoms with Gasteiger partial charge in [0.25, 0.3) is 0 Å². The predicted molar refractivity (Wildman–Crippen MR) is 51.5 cm³/mol. The molecule has 0 aromatic carbocycles. The molecule has 0 saturated heterocycles. The van der Waals surface area contributed by atoms with E-state index in [4.69, 9.17) is 4.74 Å². The summed E-state index contributed by atoms with van der Waals surface area (Å²) in [7, 11) is 1.56. The Bertz CT molecular complexity index is 164. The zero-order chi connectivity index (χ0) is 9.68. The summed E-state index contributed by atoms with van der Waals surface area (Å²) in [5, 5.41) is 3.01. The van der Waals surface area contributed by atoms with Crippen molar-refractivity contribution in [3.05, 3.63) is 0 Å². The number of rotatable bonds is 3. The molecule has 1 rings (SSSR count). The van der Waals surface area contributed by atoms with E-state index >= 15 is 0 Å². The van der Waals surface area contributed by atoms with E-state index < -0.39 is 0 Å². The van der Waals surface area contributed by atoms with Gasteiger partial charge in [0, 0.05) is 13.2 Å². The second kappa shape index (κ2) is 5.22. The van der Waals surface area contributed by atoms with Crippen LogP contribution < -0.4 is 5.32 Å². The number of carbonyl (C=O) groups excluding carboxylic acids is 1. The maximum Gasteiger partial charge on any atom is 0.249 e. The van der Waals surface area contributed by atoms with Crippen LogP contribution in [0.5, 0.6) is 0 Å². The molecule has 1 atom stereocenters. The van der Waals surface area contributed by atoms with Crippen LogP contribution >= 0.6 is 0 Å². The highest BCUT2D eigenvalue weighted by Gasteiger charge is 2.18. The predicted octanol–water partition coefficient (Wildman–Crippen LogP) is 1.47. The van der Waals surface area contributed by atoms with Gasteiger partial charge in [-0.2, -0.15) is 0 Å². The van der Waals surface area contributed by atoms with Gasteiger partial charge < -0.3 is 10.1 Å². The zero-order valence-electron chi connectivity index (χ0n) is 8.51. The highest BCUT2D eigenvalue weighted by molar-refractivity contribution is 5.80. The number of amides is 1. The van der Waals surface area contributed by atoms with Crippen molar-refractivity contribution in [2.24, 2.45) is 0 Å². The van der Waals surface area contributed by atoms with E-state index in [9.17, 15) is 4.79 Å². The third kappa shape index (κ3) is 3.35. The number of hydrogen-bond donors (Lipinski definition) is 1. The minimum atomic E-state index is -0.318. The molecule has 76 valence electrons. The van der Waals surface area contributed by atoms with Crippen molar-refractivity contribution in [1.82, 2.24) is 5.32 Å². The summed E-state index contributed by atoms with van der Waals surface area (Å²) >= 11 is 0. The lowest BCUT2D eigenvalue weighted by molar-refractivity contribution is -0.131. The van der Waals surface area contributed by atoms with Gasteiger partial charge in [0.2, 0.25) is 5.91 Å². The normalized spacial score (nSPS) is 21.1. The summed E-state index contributed by atoms with van der Waals surface area (Å²) in [6.07, 6.45) is 5.73. The van der Waals surface area contributed by atoms with Gasteiger partial charge in [-0.05, 0) is 19.8 Å². The number of ether oxygens (including phenoxy) is 1. The van der Waals surface area contributed by atoms with Crippen molar-refractivity contribution in [2.75, 3.05) is 7.11 Å². The van der Waals surface area contributed by atoms with Crippen LogP contribution in [0.15, 0.2) is 0 Å². The molecule has 1 unspecified atom stereocenters. The van der Waals surface area contributed by atoms with Crippen LogP contribution in [0, 0.1) is 0 Å². The fraction of sp³-hybridized carbons (Fsp3) is 0.900. The molecule has 0 bridgehead atoms. The third-order valence-electron chi connectivity index (χ3n) is 2.67. The Morgan fingerprint density at radius 3 is 2.54 bits per heavy atom. The van der Waals surface area contributed by atoms with Crippen LogP contribution in [0.3, 0.4) is 0 Å². The van der Waals surface area contributed by atoms with Crippen LogP contribution in [0.25, 0.3) is 0 Å². The number of methoxy groups -OCH3 is 1. The Morgan fingerprint density at radius 2 is 2.00 bits per heavy atom. The first-order chi connectivity index (χ1) is 6.24. The van der Waals surface area contributed by atoms with E-state index in [0.29, 0.717) is 6.04 Å². The molecule has 1 fully saturated rings. The summed E-state index contributed by atoms with van der Waals surface area (Å²) in [5.41, 5.74) is 0. The number of hydrogen-bond acceptors (Lipinski definition) is 2. The Morgan fingerprint density at radius 1 is 1.38 bits per heavy atom. The van der Waals surface area contributed by atoms with Crippen LogP contribution in [-0.4, -0.2) is 25.2 Å². The van der Waals surface area contributed by atoms with Gasteiger partial charge in [0.1, 0.15) is 6.10 Å². The van der Waals surface area contributed by atoms with E-state index in [1.807, 2.05) is 0 Å². The molecular weight excluding hydrogens is 166 g/mol. The van der Waals surface area contributed by atoms with Gasteiger partial charge in [-0.1, -0.05) is 19.3 Å². The average Bonchev–Trinajstić information content (AvgIpc) is 2.18. The lowest BCUT2D eigenvalue weighted by Crippen LogP contribution is -2.41. The fourth-order valence-electron chi connectivity index (χ4n) is 1.67. The summed E-state index contributed by atoms with van der Waals surface area (Å²) < 4.78 is 4.94. The number of carbonyl (C=O) groups is 1. The highest BCUT2D eigenvalue weighted by Crippen LogP contribution is 2.17. The molecule has 0 aromatic heterocycles. The lowest BCUT2D eigenvalue weighted by atomic mass is 9.95. The monoisotopic (exact) mass is 185 g/mol. The van der Waals surface area contributed by atoms with E-state index in [2.05, 4.69) is 5.32 Å². The molecule has 1 aliphatic rings. The fourth-order valence-corrected chi connectivity index (χ4v) is 1.67. The van der Waals surface area contributed by atoms with Crippen molar-refractivity contribution >= 4 is 5.91 Å².